The second-order valence-electron chi connectivity index (χ2n) is 15.8. The van der Waals surface area contributed by atoms with Crippen LogP contribution in [0.4, 0.5) is 17.1 Å². The standard InChI is InChI=1S/C42H37BN2/c1-40(2,3)24-22-28-25-15-12-16-27-35-26-14-8-9-17-29(26)42(6,7)39(35)45(37(25)27)43-32-20-13-19-31-38(32)44(34(23-24)36(28)43)33-21-11-10-18-30(33)41(31,4)5/h8-23H,1-7H3. The minimum atomic E-state index is -0.122. The first-order valence-corrected chi connectivity index (χ1v) is 16.5. The zero-order chi connectivity index (χ0) is 30.8. The highest BCUT2D eigenvalue weighted by molar-refractivity contribution is 6.89. The van der Waals surface area contributed by atoms with Gasteiger partial charge in [-0.3, -0.25) is 0 Å². The van der Waals surface area contributed by atoms with Crippen LogP contribution in [0, 0.1) is 0 Å². The Labute approximate surface area is 266 Å². The highest BCUT2D eigenvalue weighted by Crippen LogP contribution is 2.58. The van der Waals surface area contributed by atoms with Crippen molar-refractivity contribution in [2.45, 2.75) is 64.7 Å². The Balaban J connectivity index is 1.43. The highest BCUT2D eigenvalue weighted by atomic mass is 15.2. The Kier molecular flexibility index (Phi) is 4.49. The van der Waals surface area contributed by atoms with Crippen LogP contribution in [-0.4, -0.2) is 11.3 Å². The summed E-state index contributed by atoms with van der Waals surface area (Å²) < 4.78 is 2.78. The third-order valence-corrected chi connectivity index (χ3v) is 11.6. The van der Waals surface area contributed by atoms with Crippen molar-refractivity contribution in [2.75, 3.05) is 4.90 Å². The van der Waals surface area contributed by atoms with E-state index in [0.29, 0.717) is 0 Å². The van der Waals surface area contributed by atoms with Crippen LogP contribution in [0.3, 0.4) is 0 Å². The van der Waals surface area contributed by atoms with Gasteiger partial charge in [0, 0.05) is 49.9 Å². The summed E-state index contributed by atoms with van der Waals surface area (Å²) in [7, 11) is 0. The predicted molar refractivity (Wildman–Crippen MR) is 191 cm³/mol. The molecule has 10 rings (SSSR count). The van der Waals surface area contributed by atoms with Crippen molar-refractivity contribution < 1.29 is 0 Å². The fourth-order valence-corrected chi connectivity index (χ4v) is 9.54. The number of hydrogen-bond donors (Lipinski definition) is 0. The maximum absolute atomic E-state index is 2.78. The number of hydrogen-bond acceptors (Lipinski definition) is 1. The fourth-order valence-electron chi connectivity index (χ4n) is 9.54. The van der Waals surface area contributed by atoms with E-state index < -0.39 is 0 Å². The van der Waals surface area contributed by atoms with Crippen LogP contribution in [-0.2, 0) is 16.2 Å². The van der Waals surface area contributed by atoms with E-state index in [1.165, 1.54) is 89.1 Å². The molecular formula is C42H37BN2. The molecule has 1 aromatic heterocycles. The molecule has 0 spiro atoms. The Morgan fingerprint density at radius 3 is 2.11 bits per heavy atom. The predicted octanol–water partition coefficient (Wildman–Crippen LogP) is 9.30. The molecule has 2 nitrogen and oxygen atoms in total. The molecule has 3 heteroatoms. The van der Waals surface area contributed by atoms with E-state index in [4.69, 9.17) is 0 Å². The Bertz CT molecular complexity index is 2330. The van der Waals surface area contributed by atoms with Gasteiger partial charge in [0.25, 0.3) is 0 Å². The maximum Gasteiger partial charge on any atom is 0.332 e. The second kappa shape index (κ2) is 7.83. The maximum atomic E-state index is 2.78. The number of benzene rings is 5. The third-order valence-electron chi connectivity index (χ3n) is 11.6. The molecule has 0 saturated heterocycles. The van der Waals surface area contributed by atoms with Gasteiger partial charge in [-0.1, -0.05) is 133 Å². The number of aromatic nitrogens is 1. The van der Waals surface area contributed by atoms with Gasteiger partial charge < -0.3 is 9.38 Å². The van der Waals surface area contributed by atoms with Crippen molar-refractivity contribution in [1.29, 1.82) is 0 Å². The first-order valence-electron chi connectivity index (χ1n) is 16.5. The van der Waals surface area contributed by atoms with Gasteiger partial charge in [0.2, 0.25) is 0 Å². The van der Waals surface area contributed by atoms with Crippen LogP contribution < -0.4 is 15.8 Å². The molecule has 0 bridgehead atoms. The molecule has 218 valence electrons. The molecule has 4 heterocycles. The number of para-hydroxylation sites is 3. The molecule has 0 saturated carbocycles. The fraction of sp³-hybridized carbons (Fsp3) is 0.238. The highest BCUT2D eigenvalue weighted by Gasteiger charge is 2.51. The van der Waals surface area contributed by atoms with E-state index >= 15 is 0 Å². The number of nitrogens with zero attached hydrogens (tertiary/aromatic N) is 2. The molecule has 0 N–H and O–H groups in total. The Hall–Kier alpha value is -4.50. The quantitative estimate of drug-likeness (QED) is 0.162. The summed E-state index contributed by atoms with van der Waals surface area (Å²) in [6.45, 7) is 16.9. The zero-order valence-electron chi connectivity index (χ0n) is 27.2. The lowest BCUT2D eigenvalue weighted by molar-refractivity contribution is 0.590. The minimum Gasteiger partial charge on any atom is -0.378 e. The summed E-state index contributed by atoms with van der Waals surface area (Å²) in [5.74, 6) is 0. The number of anilines is 3. The topological polar surface area (TPSA) is 8.17 Å². The minimum absolute atomic E-state index is 0.00538. The molecule has 5 aromatic carbocycles. The van der Waals surface area contributed by atoms with Crippen molar-refractivity contribution in [2.24, 2.45) is 0 Å². The van der Waals surface area contributed by atoms with Crippen molar-refractivity contribution in [3.05, 3.63) is 125 Å². The zero-order valence-corrected chi connectivity index (χ0v) is 27.2. The molecule has 3 aliphatic heterocycles. The van der Waals surface area contributed by atoms with Gasteiger partial charge in [0.15, 0.2) is 0 Å². The Morgan fingerprint density at radius 1 is 0.622 bits per heavy atom. The molecule has 0 unspecified atom stereocenters. The van der Waals surface area contributed by atoms with E-state index in [0.717, 1.165) is 0 Å². The van der Waals surface area contributed by atoms with Crippen molar-refractivity contribution in [3.8, 4) is 22.3 Å². The van der Waals surface area contributed by atoms with E-state index in [9.17, 15) is 0 Å². The summed E-state index contributed by atoms with van der Waals surface area (Å²) in [4.78, 5) is 2.63. The molecule has 45 heavy (non-hydrogen) atoms. The summed E-state index contributed by atoms with van der Waals surface area (Å²) in [6, 6.07) is 37.4. The largest absolute Gasteiger partial charge is 0.378 e. The molecule has 4 aliphatic rings. The van der Waals surface area contributed by atoms with Crippen LogP contribution in [0.2, 0.25) is 0 Å². The van der Waals surface area contributed by atoms with Gasteiger partial charge in [-0.05, 0) is 61.9 Å². The summed E-state index contributed by atoms with van der Waals surface area (Å²) in [5.41, 5.74) is 20.7. The van der Waals surface area contributed by atoms with E-state index in [1.807, 2.05) is 0 Å². The van der Waals surface area contributed by atoms with Gasteiger partial charge in [-0.2, -0.15) is 0 Å². The molecule has 0 fully saturated rings. The summed E-state index contributed by atoms with van der Waals surface area (Å²) in [5, 5.41) is 1.38. The first kappa shape index (κ1) is 25.8. The molecule has 0 atom stereocenters. The normalized spacial score (nSPS) is 17.0. The number of rotatable bonds is 0. The average molecular weight is 581 g/mol. The average Bonchev–Trinajstić information content (AvgIpc) is 3.49. The monoisotopic (exact) mass is 580 g/mol. The molecule has 6 aromatic rings. The van der Waals surface area contributed by atoms with Gasteiger partial charge in [-0.15, -0.1) is 0 Å². The van der Waals surface area contributed by atoms with Gasteiger partial charge in [0.05, 0.1) is 5.69 Å². The summed E-state index contributed by atoms with van der Waals surface area (Å²) >= 11 is 0. The lowest BCUT2D eigenvalue weighted by Crippen LogP contribution is -2.59. The Morgan fingerprint density at radius 2 is 1.31 bits per heavy atom. The van der Waals surface area contributed by atoms with Gasteiger partial charge in [0.1, 0.15) is 0 Å². The summed E-state index contributed by atoms with van der Waals surface area (Å²) in [6.07, 6.45) is 0. The van der Waals surface area contributed by atoms with E-state index in [1.54, 1.807) is 0 Å². The van der Waals surface area contributed by atoms with Crippen LogP contribution >= 0.6 is 0 Å². The van der Waals surface area contributed by atoms with Gasteiger partial charge >= 0.3 is 6.85 Å². The lowest BCUT2D eigenvalue weighted by atomic mass is 9.43. The molecule has 0 radical (unpaired) electrons. The van der Waals surface area contributed by atoms with Crippen molar-refractivity contribution in [3.63, 3.8) is 0 Å². The van der Waals surface area contributed by atoms with E-state index in [-0.39, 0.29) is 23.1 Å². The van der Waals surface area contributed by atoms with Crippen molar-refractivity contribution >= 4 is 45.7 Å². The van der Waals surface area contributed by atoms with Crippen LogP contribution in [0.15, 0.2) is 97.1 Å². The number of fused-ring (bicyclic) bond motifs is 11. The molecule has 1 aliphatic carbocycles. The smallest absolute Gasteiger partial charge is 0.332 e. The van der Waals surface area contributed by atoms with Gasteiger partial charge in [-0.25, -0.2) is 0 Å². The van der Waals surface area contributed by atoms with E-state index in [2.05, 4.69) is 155 Å². The van der Waals surface area contributed by atoms with Crippen LogP contribution in [0.25, 0.3) is 33.2 Å². The lowest BCUT2D eigenvalue weighted by Gasteiger charge is -2.48. The SMILES string of the molecule is CC(C)(C)c1cc2c3c(c1)N1c4ccccc4C(C)(C)c4cccc(c41)B3n1c3c(c4cccc-2c41)-c1ccccc1C3(C)C. The molecular weight excluding hydrogens is 543 g/mol. The third kappa shape index (κ3) is 2.86. The molecule has 0 amide bonds. The van der Waals surface area contributed by atoms with Crippen LogP contribution in [0.5, 0.6) is 0 Å². The second-order valence-corrected chi connectivity index (χ2v) is 15.8. The first-order chi connectivity index (χ1) is 21.5. The van der Waals surface area contributed by atoms with Crippen LogP contribution in [0.1, 0.15) is 76.4 Å². The van der Waals surface area contributed by atoms with Crippen molar-refractivity contribution in [1.82, 2.24) is 4.48 Å².